The number of carbonyl (C=O) groups is 1. The molecule has 0 bridgehead atoms. The fourth-order valence-electron chi connectivity index (χ4n) is 2.88. The lowest BCUT2D eigenvalue weighted by atomic mass is 10.2. The summed E-state index contributed by atoms with van der Waals surface area (Å²) in [4.78, 5) is 16.6. The normalized spacial score (nSPS) is 12.2. The second-order valence-corrected chi connectivity index (χ2v) is 7.47. The summed E-state index contributed by atoms with van der Waals surface area (Å²) in [6, 6.07) is 10.2. The quantitative estimate of drug-likeness (QED) is 0.480. The molecule has 3 N–H and O–H groups in total. The van der Waals surface area contributed by atoms with E-state index in [-0.39, 0.29) is 6.09 Å². The van der Waals surface area contributed by atoms with Crippen LogP contribution in [0.15, 0.2) is 30.3 Å². The predicted octanol–water partition coefficient (Wildman–Crippen LogP) is 3.07. The fourth-order valence-corrected chi connectivity index (χ4v) is 2.88. The average Bonchev–Trinajstić information content (AvgIpc) is 2.71. The molecule has 0 heterocycles. The third-order valence-electron chi connectivity index (χ3n) is 4.81. The van der Waals surface area contributed by atoms with E-state index in [4.69, 9.17) is 10.5 Å². The maximum Gasteiger partial charge on any atom is 0.410 e. The van der Waals surface area contributed by atoms with Gasteiger partial charge in [-0.05, 0) is 51.9 Å². The van der Waals surface area contributed by atoms with Crippen LogP contribution in [0.1, 0.15) is 45.1 Å². The molecule has 0 aromatic heterocycles. The van der Waals surface area contributed by atoms with Crippen molar-refractivity contribution in [3.8, 4) is 0 Å². The fraction of sp³-hybridized carbons (Fsp3) is 0.682. The van der Waals surface area contributed by atoms with Gasteiger partial charge in [-0.1, -0.05) is 43.7 Å². The highest BCUT2D eigenvalue weighted by Crippen LogP contribution is 2.06. The van der Waals surface area contributed by atoms with Crippen LogP contribution in [0.2, 0.25) is 0 Å². The third kappa shape index (κ3) is 11.3. The molecule has 0 fully saturated rings. The van der Waals surface area contributed by atoms with Crippen LogP contribution in [0.25, 0.3) is 0 Å². The minimum atomic E-state index is -0.217. The number of amides is 1. The van der Waals surface area contributed by atoms with E-state index in [9.17, 15) is 4.79 Å². The second kappa shape index (κ2) is 15.3. The third-order valence-corrected chi connectivity index (χ3v) is 4.81. The molecule has 160 valence electrons. The van der Waals surface area contributed by atoms with E-state index in [2.05, 4.69) is 31.1 Å². The topological polar surface area (TPSA) is 70.8 Å². The number of ether oxygens (including phenoxy) is 1. The number of nitrogens with two attached hydrogens (primary N) is 1. The number of nitrogens with one attached hydrogen (secondary N) is 1. The monoisotopic (exact) mass is 392 g/mol. The highest BCUT2D eigenvalue weighted by molar-refractivity contribution is 5.67. The van der Waals surface area contributed by atoms with Crippen molar-refractivity contribution in [2.24, 2.45) is 5.73 Å². The molecule has 1 amide bonds. The van der Waals surface area contributed by atoms with Crippen molar-refractivity contribution in [2.75, 3.05) is 46.3 Å². The smallest absolute Gasteiger partial charge is 0.410 e. The largest absolute Gasteiger partial charge is 0.445 e. The Morgan fingerprint density at radius 2 is 1.89 bits per heavy atom. The zero-order valence-electron chi connectivity index (χ0n) is 18.0. The van der Waals surface area contributed by atoms with Gasteiger partial charge in [-0.2, -0.15) is 0 Å². The lowest BCUT2D eigenvalue weighted by Crippen LogP contribution is -2.39. The molecular weight excluding hydrogens is 352 g/mol. The van der Waals surface area contributed by atoms with Gasteiger partial charge in [-0.25, -0.2) is 4.79 Å². The van der Waals surface area contributed by atoms with Crippen molar-refractivity contribution in [3.05, 3.63) is 35.9 Å². The Bertz CT molecular complexity index is 513. The lowest BCUT2D eigenvalue weighted by Gasteiger charge is -2.24. The summed E-state index contributed by atoms with van der Waals surface area (Å²) in [5.41, 5.74) is 6.56. The molecule has 0 aliphatic carbocycles. The zero-order valence-corrected chi connectivity index (χ0v) is 18.0. The maximum atomic E-state index is 12.5. The van der Waals surface area contributed by atoms with Gasteiger partial charge in [0, 0.05) is 32.2 Å². The molecule has 1 aromatic rings. The van der Waals surface area contributed by atoms with Crippen LogP contribution in [0.5, 0.6) is 0 Å². The molecule has 0 aliphatic rings. The molecule has 28 heavy (non-hydrogen) atoms. The number of nitrogens with zero attached hydrogens (tertiary/aromatic N) is 2. The molecule has 0 spiro atoms. The molecule has 1 aromatic carbocycles. The van der Waals surface area contributed by atoms with E-state index in [0.717, 1.165) is 64.0 Å². The molecule has 0 aliphatic heterocycles. The van der Waals surface area contributed by atoms with Crippen molar-refractivity contribution in [2.45, 2.75) is 52.2 Å². The number of rotatable bonds is 15. The summed E-state index contributed by atoms with van der Waals surface area (Å²) < 4.78 is 5.52. The first-order chi connectivity index (χ1) is 13.6. The van der Waals surface area contributed by atoms with Crippen molar-refractivity contribution in [1.82, 2.24) is 15.1 Å². The van der Waals surface area contributed by atoms with Crippen molar-refractivity contribution >= 4 is 6.09 Å². The summed E-state index contributed by atoms with van der Waals surface area (Å²) in [7, 11) is 2.12. The maximum absolute atomic E-state index is 12.5. The standard InChI is InChI=1S/C22H40N4O2/c1-4-5-16-26(22(27)28-19-21-10-7-6-8-11-21)17-12-20(2)24-14-18-25(3)15-9-13-23/h6-8,10-11,20,24H,4-5,9,12-19,23H2,1-3H3. The Labute approximate surface area is 171 Å². The number of likely N-dealkylation sites (N-methyl/N-ethyl adjacent to an activating group) is 1. The first kappa shape index (κ1) is 24.4. The minimum absolute atomic E-state index is 0.217. The summed E-state index contributed by atoms with van der Waals surface area (Å²) in [6.07, 6.45) is 3.78. The van der Waals surface area contributed by atoms with Crippen LogP contribution in [-0.2, 0) is 11.3 Å². The Morgan fingerprint density at radius 3 is 2.57 bits per heavy atom. The minimum Gasteiger partial charge on any atom is -0.445 e. The Kier molecular flexibility index (Phi) is 13.3. The summed E-state index contributed by atoms with van der Waals surface area (Å²) in [5, 5.41) is 3.55. The summed E-state index contributed by atoms with van der Waals surface area (Å²) >= 11 is 0. The van der Waals surface area contributed by atoms with E-state index in [1.54, 1.807) is 0 Å². The molecule has 0 saturated carbocycles. The van der Waals surface area contributed by atoms with Crippen LogP contribution < -0.4 is 11.1 Å². The van der Waals surface area contributed by atoms with Crippen LogP contribution >= 0.6 is 0 Å². The van der Waals surface area contributed by atoms with Gasteiger partial charge in [0.25, 0.3) is 0 Å². The van der Waals surface area contributed by atoms with Crippen LogP contribution in [-0.4, -0.2) is 68.3 Å². The molecule has 6 heteroatoms. The van der Waals surface area contributed by atoms with Crippen LogP contribution in [0, 0.1) is 0 Å². The first-order valence-electron chi connectivity index (χ1n) is 10.6. The van der Waals surface area contributed by atoms with Gasteiger partial charge in [0.2, 0.25) is 0 Å². The number of hydrogen-bond donors (Lipinski definition) is 2. The summed E-state index contributed by atoms with van der Waals surface area (Å²) in [5.74, 6) is 0. The Hall–Kier alpha value is -1.63. The van der Waals surface area contributed by atoms with Gasteiger partial charge in [-0.3, -0.25) is 0 Å². The van der Waals surface area contributed by atoms with E-state index < -0.39 is 0 Å². The highest BCUT2D eigenvalue weighted by atomic mass is 16.6. The zero-order chi connectivity index (χ0) is 20.6. The number of hydrogen-bond acceptors (Lipinski definition) is 5. The Morgan fingerprint density at radius 1 is 1.14 bits per heavy atom. The van der Waals surface area contributed by atoms with Crippen molar-refractivity contribution in [1.29, 1.82) is 0 Å². The van der Waals surface area contributed by atoms with E-state index in [1.165, 1.54) is 0 Å². The van der Waals surface area contributed by atoms with E-state index in [1.807, 2.05) is 35.2 Å². The number of unbranched alkanes of at least 4 members (excludes halogenated alkanes) is 1. The number of carbonyl (C=O) groups excluding carboxylic acids is 1. The molecule has 1 unspecified atom stereocenters. The molecule has 1 rings (SSSR count). The molecule has 0 radical (unpaired) electrons. The molecular formula is C22H40N4O2. The Balaban J connectivity index is 2.33. The van der Waals surface area contributed by atoms with Crippen LogP contribution in [0.4, 0.5) is 4.79 Å². The highest BCUT2D eigenvalue weighted by Gasteiger charge is 2.16. The predicted molar refractivity (Wildman–Crippen MR) is 116 cm³/mol. The van der Waals surface area contributed by atoms with Crippen molar-refractivity contribution in [3.63, 3.8) is 0 Å². The van der Waals surface area contributed by atoms with Crippen molar-refractivity contribution < 1.29 is 9.53 Å². The van der Waals surface area contributed by atoms with Gasteiger partial charge in [0.15, 0.2) is 0 Å². The SMILES string of the molecule is CCCCN(CCC(C)NCCN(C)CCCN)C(=O)OCc1ccccc1. The average molecular weight is 393 g/mol. The van der Waals surface area contributed by atoms with Gasteiger partial charge >= 0.3 is 6.09 Å². The van der Waals surface area contributed by atoms with Gasteiger partial charge in [-0.15, -0.1) is 0 Å². The lowest BCUT2D eigenvalue weighted by molar-refractivity contribution is 0.0942. The van der Waals surface area contributed by atoms with E-state index in [0.29, 0.717) is 19.2 Å². The first-order valence-corrected chi connectivity index (χ1v) is 10.6. The van der Waals surface area contributed by atoms with Gasteiger partial charge < -0.3 is 25.6 Å². The van der Waals surface area contributed by atoms with Crippen LogP contribution in [0.3, 0.4) is 0 Å². The number of benzene rings is 1. The van der Waals surface area contributed by atoms with Gasteiger partial charge in [0.1, 0.15) is 6.61 Å². The molecule has 0 saturated heterocycles. The molecule has 1 atom stereocenters. The second-order valence-electron chi connectivity index (χ2n) is 7.47. The van der Waals surface area contributed by atoms with Gasteiger partial charge in [0.05, 0.1) is 0 Å². The van der Waals surface area contributed by atoms with E-state index >= 15 is 0 Å². The molecule has 6 nitrogen and oxygen atoms in total. The summed E-state index contributed by atoms with van der Waals surface area (Å²) in [6.45, 7) is 9.81.